The Labute approximate surface area is 314 Å². The molecule has 0 spiro atoms. The predicted molar refractivity (Wildman–Crippen MR) is 207 cm³/mol. The van der Waals surface area contributed by atoms with Crippen LogP contribution in [0.25, 0.3) is 0 Å². The molecule has 4 atom stereocenters. The van der Waals surface area contributed by atoms with Crippen LogP contribution < -0.4 is 0 Å². The zero-order chi connectivity index (χ0) is 38.5. The zero-order valence-electron chi connectivity index (χ0n) is 32.4. The Balaban J connectivity index is 4.41. The van der Waals surface area contributed by atoms with E-state index in [2.05, 4.69) is 24.4 Å². The van der Waals surface area contributed by atoms with Gasteiger partial charge in [0.05, 0.1) is 25.9 Å². The Morgan fingerprint density at radius 3 is 1.77 bits per heavy atom. The van der Waals surface area contributed by atoms with Gasteiger partial charge in [0.15, 0.2) is 6.10 Å². The van der Waals surface area contributed by atoms with Gasteiger partial charge >= 0.3 is 19.8 Å². The molecular weight excluding hydrogens is 687 g/mol. The van der Waals surface area contributed by atoms with Gasteiger partial charge in [-0.2, -0.15) is 0 Å². The highest BCUT2D eigenvalue weighted by molar-refractivity contribution is 7.47. The Morgan fingerprint density at radius 2 is 1.19 bits per heavy atom. The van der Waals surface area contributed by atoms with Crippen molar-refractivity contribution >= 4 is 19.8 Å². The van der Waals surface area contributed by atoms with Crippen LogP contribution in [-0.4, -0.2) is 76.9 Å². The van der Waals surface area contributed by atoms with Gasteiger partial charge < -0.3 is 29.7 Å². The third-order valence-corrected chi connectivity index (χ3v) is 9.34. The number of esters is 2. The maximum Gasteiger partial charge on any atom is 0.472 e. The second kappa shape index (κ2) is 36.1. The molecule has 0 saturated heterocycles. The first-order chi connectivity index (χ1) is 25.1. The van der Waals surface area contributed by atoms with Gasteiger partial charge in [-0.15, -0.1) is 0 Å². The largest absolute Gasteiger partial charge is 0.472 e. The summed E-state index contributed by atoms with van der Waals surface area (Å²) in [6.07, 6.45) is 31.5. The normalized spacial score (nSPS) is 15.0. The minimum absolute atomic E-state index is 0.139. The molecule has 304 valence electrons. The molecule has 4 unspecified atom stereocenters. The summed E-state index contributed by atoms with van der Waals surface area (Å²) in [6, 6.07) is 0. The number of unbranched alkanes of at least 4 members (excludes halogenated alkanes) is 17. The number of phosphoric acid groups is 1. The van der Waals surface area contributed by atoms with Crippen molar-refractivity contribution in [3.05, 3.63) is 36.5 Å². The van der Waals surface area contributed by atoms with Crippen molar-refractivity contribution in [3.63, 3.8) is 0 Å². The van der Waals surface area contributed by atoms with Gasteiger partial charge in [-0.25, -0.2) is 4.57 Å². The molecule has 4 N–H and O–H groups in total. The molecule has 0 aliphatic heterocycles. The highest BCUT2D eigenvalue weighted by Gasteiger charge is 2.27. The first kappa shape index (κ1) is 50.1. The van der Waals surface area contributed by atoms with E-state index in [0.717, 1.165) is 57.8 Å². The van der Waals surface area contributed by atoms with Crippen LogP contribution in [0.1, 0.15) is 162 Å². The summed E-state index contributed by atoms with van der Waals surface area (Å²) in [5.74, 6) is -0.977. The van der Waals surface area contributed by atoms with E-state index < -0.39 is 57.9 Å². The fourth-order valence-corrected chi connectivity index (χ4v) is 6.05. The summed E-state index contributed by atoms with van der Waals surface area (Å²) < 4.78 is 32.6. The number of phosphoric ester groups is 1. The Bertz CT molecular complexity index is 985. The number of aliphatic hydroxyl groups is 3. The van der Waals surface area contributed by atoms with Crippen molar-refractivity contribution in [2.45, 2.75) is 180 Å². The molecule has 0 aromatic rings. The fourth-order valence-electron chi connectivity index (χ4n) is 5.26. The van der Waals surface area contributed by atoms with E-state index in [0.29, 0.717) is 19.3 Å². The number of allylic oxidation sites excluding steroid dienone is 4. The molecule has 0 aliphatic carbocycles. The standard InChI is InChI=1S/C40H73O11P/c1-3-5-7-8-9-10-11-12-13-16-19-22-26-30-39(44)48-34-38(35-50-52(46,47)49-33-37(43)32-41)51-40(45)31-27-23-20-17-14-15-18-21-25-29-36(42)28-24-6-4-2/h6,18,21,24-25,29,36-38,41-43H,3-5,7-17,19-20,22-23,26-28,30-35H2,1-2H3,(H,46,47)/b21-18+,24-6+,29-25+. The van der Waals surface area contributed by atoms with Gasteiger partial charge in [-0.1, -0.05) is 147 Å². The van der Waals surface area contributed by atoms with Crippen LogP contribution in [0.4, 0.5) is 0 Å². The molecule has 0 amide bonds. The molecule has 0 fully saturated rings. The van der Waals surface area contributed by atoms with E-state index in [1.807, 2.05) is 24.3 Å². The third kappa shape index (κ3) is 35.2. The Morgan fingerprint density at radius 1 is 0.654 bits per heavy atom. The van der Waals surface area contributed by atoms with E-state index in [1.165, 1.54) is 57.8 Å². The quantitative estimate of drug-likeness (QED) is 0.0157. The van der Waals surface area contributed by atoms with Crippen molar-refractivity contribution in [1.82, 2.24) is 0 Å². The number of rotatable bonds is 37. The van der Waals surface area contributed by atoms with Crippen LogP contribution in [0.5, 0.6) is 0 Å². The summed E-state index contributed by atoms with van der Waals surface area (Å²) in [4.78, 5) is 34.9. The van der Waals surface area contributed by atoms with Crippen molar-refractivity contribution in [3.8, 4) is 0 Å². The molecule has 0 saturated carbocycles. The molecule has 11 nitrogen and oxygen atoms in total. The van der Waals surface area contributed by atoms with E-state index in [1.54, 1.807) is 6.08 Å². The number of hydrogen-bond acceptors (Lipinski definition) is 10. The lowest BCUT2D eigenvalue weighted by Gasteiger charge is -2.20. The molecule has 0 aliphatic rings. The molecule has 52 heavy (non-hydrogen) atoms. The van der Waals surface area contributed by atoms with Crippen molar-refractivity contribution in [2.75, 3.05) is 26.4 Å². The SMILES string of the molecule is CC/C=C/CC(O)/C=C/C=C/CCCCCCCC(=O)OC(COC(=O)CCCCCCCCCCCCCCC)COP(=O)(O)OCC(O)CO. The van der Waals surface area contributed by atoms with Crippen LogP contribution in [0, 0.1) is 0 Å². The minimum Gasteiger partial charge on any atom is -0.462 e. The molecule has 12 heteroatoms. The third-order valence-electron chi connectivity index (χ3n) is 8.39. The monoisotopic (exact) mass is 760 g/mol. The highest BCUT2D eigenvalue weighted by Crippen LogP contribution is 2.43. The van der Waals surface area contributed by atoms with Crippen LogP contribution in [-0.2, 0) is 32.7 Å². The summed E-state index contributed by atoms with van der Waals surface area (Å²) in [5, 5.41) is 28.1. The predicted octanol–water partition coefficient (Wildman–Crippen LogP) is 8.97. The topological polar surface area (TPSA) is 169 Å². The van der Waals surface area contributed by atoms with Gasteiger partial charge in [-0.05, 0) is 38.5 Å². The number of carbonyl (C=O) groups excluding carboxylic acids is 2. The van der Waals surface area contributed by atoms with Crippen molar-refractivity contribution < 1.29 is 52.9 Å². The lowest BCUT2D eigenvalue weighted by molar-refractivity contribution is -0.161. The average Bonchev–Trinajstić information content (AvgIpc) is 3.12. The van der Waals surface area contributed by atoms with Gasteiger partial charge in [-0.3, -0.25) is 18.6 Å². The average molecular weight is 761 g/mol. The summed E-state index contributed by atoms with van der Waals surface area (Å²) in [5.41, 5.74) is 0. The Hall–Kier alpha value is -1.85. The van der Waals surface area contributed by atoms with Gasteiger partial charge in [0.2, 0.25) is 0 Å². The molecule has 0 aromatic heterocycles. The molecule has 0 heterocycles. The second-order valence-corrected chi connectivity index (χ2v) is 14.9. The molecule has 0 bridgehead atoms. The maximum absolute atomic E-state index is 12.6. The molecular formula is C40H73O11P. The summed E-state index contributed by atoms with van der Waals surface area (Å²) in [6.45, 7) is 2.11. The van der Waals surface area contributed by atoms with E-state index in [9.17, 15) is 29.3 Å². The maximum atomic E-state index is 12.6. The lowest BCUT2D eigenvalue weighted by atomic mass is 10.0. The van der Waals surface area contributed by atoms with Crippen LogP contribution >= 0.6 is 7.82 Å². The van der Waals surface area contributed by atoms with E-state index >= 15 is 0 Å². The molecule has 0 rings (SSSR count). The fraction of sp³-hybridized carbons (Fsp3) is 0.800. The van der Waals surface area contributed by atoms with Gasteiger partial charge in [0.1, 0.15) is 12.7 Å². The van der Waals surface area contributed by atoms with Crippen LogP contribution in [0.2, 0.25) is 0 Å². The van der Waals surface area contributed by atoms with Crippen LogP contribution in [0.3, 0.4) is 0 Å². The summed E-state index contributed by atoms with van der Waals surface area (Å²) >= 11 is 0. The number of aliphatic hydroxyl groups excluding tert-OH is 3. The molecule has 0 radical (unpaired) electrons. The number of ether oxygens (including phenoxy) is 2. The lowest BCUT2D eigenvalue weighted by Crippen LogP contribution is -2.29. The first-order valence-electron chi connectivity index (χ1n) is 20.1. The second-order valence-electron chi connectivity index (χ2n) is 13.5. The van der Waals surface area contributed by atoms with E-state index in [4.69, 9.17) is 19.1 Å². The zero-order valence-corrected chi connectivity index (χ0v) is 33.3. The molecule has 0 aromatic carbocycles. The van der Waals surface area contributed by atoms with Crippen molar-refractivity contribution in [1.29, 1.82) is 0 Å². The summed E-state index contributed by atoms with van der Waals surface area (Å²) in [7, 11) is -4.63. The van der Waals surface area contributed by atoms with Gasteiger partial charge in [0, 0.05) is 12.8 Å². The number of carbonyl (C=O) groups is 2. The number of hydrogen-bond donors (Lipinski definition) is 4. The Kier molecular flexibility index (Phi) is 34.9. The highest BCUT2D eigenvalue weighted by atomic mass is 31.2. The van der Waals surface area contributed by atoms with Crippen molar-refractivity contribution in [2.24, 2.45) is 0 Å². The smallest absolute Gasteiger partial charge is 0.462 e. The van der Waals surface area contributed by atoms with Gasteiger partial charge in [0.25, 0.3) is 0 Å². The minimum atomic E-state index is -4.63. The van der Waals surface area contributed by atoms with Crippen LogP contribution in [0.15, 0.2) is 36.5 Å². The first-order valence-corrected chi connectivity index (χ1v) is 21.5. The van der Waals surface area contributed by atoms with E-state index in [-0.39, 0.29) is 19.4 Å².